The molecule has 0 aliphatic carbocycles. The fourth-order valence-corrected chi connectivity index (χ4v) is 2.62. The van der Waals surface area contributed by atoms with Gasteiger partial charge in [0, 0.05) is 4.47 Å². The van der Waals surface area contributed by atoms with Crippen molar-refractivity contribution in [3.63, 3.8) is 0 Å². The highest BCUT2D eigenvalue weighted by Crippen LogP contribution is 2.28. The first-order chi connectivity index (χ1) is 8.19. The van der Waals surface area contributed by atoms with E-state index in [1.807, 2.05) is 18.2 Å². The monoisotopic (exact) mass is 332 g/mol. The molecular weight excluding hydrogens is 324 g/mol. The number of nitrogens with zero attached hydrogens (tertiary/aromatic N) is 1. The van der Waals surface area contributed by atoms with Gasteiger partial charge < -0.3 is 10.1 Å². The molecule has 0 saturated heterocycles. The number of benzene rings is 1. The zero-order valence-corrected chi connectivity index (χ0v) is 12.2. The van der Waals surface area contributed by atoms with E-state index in [0.29, 0.717) is 10.9 Å². The van der Waals surface area contributed by atoms with Gasteiger partial charge in [0.2, 0.25) is 0 Å². The van der Waals surface area contributed by atoms with Crippen molar-refractivity contribution in [1.29, 1.82) is 0 Å². The Morgan fingerprint density at radius 3 is 3.00 bits per heavy atom. The fraction of sp³-hybridized carbons (Fsp3) is 0.182. The third kappa shape index (κ3) is 3.34. The minimum atomic E-state index is 0.629. The molecule has 2 aromatic rings. The molecule has 0 aliphatic rings. The predicted molar refractivity (Wildman–Crippen MR) is 75.1 cm³/mol. The standard InChI is InChI=1S/C11H10BrClN2OS/c1-16-9-3-2-7(12)4-8(9)14-6-11-15-5-10(13)17-11/h2-5,14H,6H2,1H3. The lowest BCUT2D eigenvalue weighted by Crippen LogP contribution is -2.00. The van der Waals surface area contributed by atoms with Gasteiger partial charge in [0.25, 0.3) is 0 Å². The first-order valence-electron chi connectivity index (χ1n) is 4.86. The normalized spacial score (nSPS) is 10.3. The number of thiazole rings is 1. The van der Waals surface area contributed by atoms with Gasteiger partial charge in [-0.2, -0.15) is 0 Å². The Balaban J connectivity index is 2.10. The molecule has 2 rings (SSSR count). The van der Waals surface area contributed by atoms with Gasteiger partial charge in [-0.3, -0.25) is 0 Å². The lowest BCUT2D eigenvalue weighted by Gasteiger charge is -2.10. The molecule has 6 heteroatoms. The van der Waals surface area contributed by atoms with Crippen LogP contribution in [-0.4, -0.2) is 12.1 Å². The minimum Gasteiger partial charge on any atom is -0.495 e. The van der Waals surface area contributed by atoms with Crippen LogP contribution in [0.1, 0.15) is 5.01 Å². The van der Waals surface area contributed by atoms with Gasteiger partial charge in [0.15, 0.2) is 0 Å². The molecule has 17 heavy (non-hydrogen) atoms. The Hall–Kier alpha value is -0.780. The van der Waals surface area contributed by atoms with E-state index in [4.69, 9.17) is 16.3 Å². The molecule has 1 aromatic heterocycles. The number of aromatic nitrogens is 1. The van der Waals surface area contributed by atoms with Crippen LogP contribution < -0.4 is 10.1 Å². The topological polar surface area (TPSA) is 34.1 Å². The van der Waals surface area contributed by atoms with E-state index in [-0.39, 0.29) is 0 Å². The largest absolute Gasteiger partial charge is 0.495 e. The summed E-state index contributed by atoms with van der Waals surface area (Å²) >= 11 is 10.7. The van der Waals surface area contributed by atoms with E-state index in [9.17, 15) is 0 Å². The lowest BCUT2D eigenvalue weighted by molar-refractivity contribution is 0.416. The maximum absolute atomic E-state index is 5.82. The van der Waals surface area contributed by atoms with Gasteiger partial charge in [0.1, 0.15) is 15.1 Å². The average molecular weight is 334 g/mol. The summed E-state index contributed by atoms with van der Waals surface area (Å²) in [7, 11) is 1.65. The van der Waals surface area contributed by atoms with Crippen LogP contribution in [0.4, 0.5) is 5.69 Å². The van der Waals surface area contributed by atoms with Crippen molar-refractivity contribution in [2.45, 2.75) is 6.54 Å². The van der Waals surface area contributed by atoms with Gasteiger partial charge in [-0.25, -0.2) is 4.98 Å². The summed E-state index contributed by atoms with van der Waals surface area (Å²) in [5.74, 6) is 0.802. The molecule has 0 spiro atoms. The second-order valence-electron chi connectivity index (χ2n) is 3.26. The van der Waals surface area contributed by atoms with Crippen molar-refractivity contribution in [1.82, 2.24) is 4.98 Å². The van der Waals surface area contributed by atoms with Crippen molar-refractivity contribution >= 4 is 44.6 Å². The highest BCUT2D eigenvalue weighted by molar-refractivity contribution is 9.10. The zero-order valence-electron chi connectivity index (χ0n) is 9.04. The third-order valence-electron chi connectivity index (χ3n) is 2.12. The second-order valence-corrected chi connectivity index (χ2v) is 5.92. The number of ether oxygens (including phenoxy) is 1. The number of hydrogen-bond acceptors (Lipinski definition) is 4. The van der Waals surface area contributed by atoms with Crippen LogP contribution >= 0.6 is 38.9 Å². The number of nitrogens with one attached hydrogen (secondary N) is 1. The summed E-state index contributed by atoms with van der Waals surface area (Å²) in [4.78, 5) is 4.18. The molecule has 0 saturated carbocycles. The number of methoxy groups -OCH3 is 1. The van der Waals surface area contributed by atoms with Crippen molar-refractivity contribution in [2.24, 2.45) is 0 Å². The Kier molecular flexibility index (Phi) is 4.25. The molecule has 1 heterocycles. The smallest absolute Gasteiger partial charge is 0.142 e. The average Bonchev–Trinajstić information content (AvgIpc) is 2.73. The van der Waals surface area contributed by atoms with E-state index < -0.39 is 0 Å². The van der Waals surface area contributed by atoms with Crippen LogP contribution in [0.25, 0.3) is 0 Å². The maximum atomic E-state index is 5.82. The Bertz CT molecular complexity index is 518. The SMILES string of the molecule is COc1ccc(Br)cc1NCc1ncc(Cl)s1. The van der Waals surface area contributed by atoms with Crippen molar-refractivity contribution in [3.05, 3.63) is 38.2 Å². The number of anilines is 1. The molecular formula is C11H10BrClN2OS. The summed E-state index contributed by atoms with van der Waals surface area (Å²) in [5.41, 5.74) is 0.924. The fourth-order valence-electron chi connectivity index (χ4n) is 1.36. The van der Waals surface area contributed by atoms with E-state index >= 15 is 0 Å². The second kappa shape index (κ2) is 5.71. The maximum Gasteiger partial charge on any atom is 0.142 e. The highest BCUT2D eigenvalue weighted by atomic mass is 79.9. The van der Waals surface area contributed by atoms with Crippen LogP contribution in [0.3, 0.4) is 0 Å². The van der Waals surface area contributed by atoms with Gasteiger partial charge in [-0.1, -0.05) is 27.5 Å². The number of halogens is 2. The van der Waals surface area contributed by atoms with Crippen LogP contribution in [0.2, 0.25) is 4.34 Å². The van der Waals surface area contributed by atoms with Gasteiger partial charge in [-0.15, -0.1) is 11.3 Å². The van der Waals surface area contributed by atoms with Crippen LogP contribution in [-0.2, 0) is 6.54 Å². The van der Waals surface area contributed by atoms with E-state index in [0.717, 1.165) is 20.9 Å². The van der Waals surface area contributed by atoms with Crippen LogP contribution in [0.15, 0.2) is 28.9 Å². The van der Waals surface area contributed by atoms with Crippen LogP contribution in [0.5, 0.6) is 5.75 Å². The number of hydrogen-bond donors (Lipinski definition) is 1. The molecule has 0 radical (unpaired) electrons. The summed E-state index contributed by atoms with van der Waals surface area (Å²) < 4.78 is 6.96. The third-order valence-corrected chi connectivity index (χ3v) is 3.73. The van der Waals surface area contributed by atoms with Gasteiger partial charge in [0.05, 0.1) is 25.5 Å². The van der Waals surface area contributed by atoms with Crippen LogP contribution in [0, 0.1) is 0 Å². The van der Waals surface area contributed by atoms with Crippen molar-refractivity contribution in [3.8, 4) is 5.75 Å². The molecule has 3 nitrogen and oxygen atoms in total. The Morgan fingerprint density at radius 2 is 2.35 bits per heavy atom. The molecule has 1 aromatic carbocycles. The molecule has 0 aliphatic heterocycles. The van der Waals surface area contributed by atoms with Gasteiger partial charge in [-0.05, 0) is 18.2 Å². The molecule has 0 unspecified atom stereocenters. The Labute approximate surface area is 117 Å². The zero-order chi connectivity index (χ0) is 12.3. The van der Waals surface area contributed by atoms with E-state index in [1.165, 1.54) is 11.3 Å². The first kappa shape index (κ1) is 12.7. The predicted octanol–water partition coefficient (Wildman–Crippen LogP) is 4.18. The summed E-state index contributed by atoms with van der Waals surface area (Å²) in [6.07, 6.45) is 1.65. The molecule has 0 bridgehead atoms. The quantitative estimate of drug-likeness (QED) is 0.911. The molecule has 0 fully saturated rings. The van der Waals surface area contributed by atoms with E-state index in [2.05, 4.69) is 26.2 Å². The summed E-state index contributed by atoms with van der Waals surface area (Å²) in [6.45, 7) is 0.629. The number of rotatable bonds is 4. The van der Waals surface area contributed by atoms with Crippen molar-refractivity contribution in [2.75, 3.05) is 12.4 Å². The Morgan fingerprint density at radius 1 is 1.53 bits per heavy atom. The molecule has 90 valence electrons. The lowest BCUT2D eigenvalue weighted by atomic mass is 10.3. The molecule has 1 N–H and O–H groups in total. The summed E-state index contributed by atoms with van der Waals surface area (Å²) in [6, 6.07) is 5.81. The highest BCUT2D eigenvalue weighted by Gasteiger charge is 2.05. The summed E-state index contributed by atoms with van der Waals surface area (Å²) in [5, 5.41) is 4.21. The molecule has 0 amide bonds. The van der Waals surface area contributed by atoms with E-state index in [1.54, 1.807) is 13.3 Å². The first-order valence-corrected chi connectivity index (χ1v) is 6.85. The minimum absolute atomic E-state index is 0.629. The van der Waals surface area contributed by atoms with Gasteiger partial charge >= 0.3 is 0 Å². The molecule has 0 atom stereocenters. The van der Waals surface area contributed by atoms with Crippen molar-refractivity contribution < 1.29 is 4.74 Å².